The lowest BCUT2D eigenvalue weighted by atomic mass is 9.86. The molecular weight excluding hydrogens is 474 g/mol. The molecule has 0 aliphatic heterocycles. The molecule has 0 spiro atoms. The van der Waals surface area contributed by atoms with Crippen molar-refractivity contribution in [2.75, 3.05) is 0 Å². The highest BCUT2D eigenvalue weighted by Crippen LogP contribution is 2.43. The number of fused-ring (bicyclic) bond motifs is 5. The smallest absolute Gasteiger partial charge is 0.115 e. The molecule has 0 radical (unpaired) electrons. The zero-order valence-electron chi connectivity index (χ0n) is 21.1. The summed E-state index contributed by atoms with van der Waals surface area (Å²) in [6.07, 6.45) is 3.67. The van der Waals surface area contributed by atoms with E-state index in [1.165, 1.54) is 43.8 Å². The van der Waals surface area contributed by atoms with Crippen molar-refractivity contribution in [3.05, 3.63) is 140 Å². The minimum atomic E-state index is 0.922. The monoisotopic (exact) mass is 497 g/mol. The molecule has 5 aromatic carbocycles. The van der Waals surface area contributed by atoms with E-state index in [-0.39, 0.29) is 0 Å². The number of pyridine rings is 2. The summed E-state index contributed by atoms with van der Waals surface area (Å²) in [7, 11) is 0. The van der Waals surface area contributed by atoms with Crippen molar-refractivity contribution in [1.82, 2.24) is 14.5 Å². The summed E-state index contributed by atoms with van der Waals surface area (Å²) in [5.41, 5.74) is 10.0. The Morgan fingerprint density at radius 2 is 0.821 bits per heavy atom. The van der Waals surface area contributed by atoms with Crippen LogP contribution < -0.4 is 0 Å². The number of benzene rings is 5. The summed E-state index contributed by atoms with van der Waals surface area (Å²) < 4.78 is 2.25. The summed E-state index contributed by atoms with van der Waals surface area (Å²) in [6, 6.07) is 45.4. The zero-order chi connectivity index (χ0) is 25.8. The van der Waals surface area contributed by atoms with Crippen LogP contribution in [0.5, 0.6) is 0 Å². The maximum Gasteiger partial charge on any atom is 0.115 e. The lowest BCUT2D eigenvalue weighted by Gasteiger charge is -2.18. The Kier molecular flexibility index (Phi) is 4.82. The second-order valence-corrected chi connectivity index (χ2v) is 9.83. The SMILES string of the molecule is c1ccc(-c2c3ccccc3c(-c3ccc(-n4c5cccnc5c5ncccc54)cc3)c3ccccc23)cc1. The molecule has 8 rings (SSSR count). The molecule has 182 valence electrons. The van der Waals surface area contributed by atoms with Crippen LogP contribution in [0.3, 0.4) is 0 Å². The molecule has 3 aromatic heterocycles. The summed E-state index contributed by atoms with van der Waals surface area (Å²) in [5.74, 6) is 0. The normalized spacial score (nSPS) is 11.6. The van der Waals surface area contributed by atoms with Gasteiger partial charge >= 0.3 is 0 Å². The highest BCUT2D eigenvalue weighted by Gasteiger charge is 2.17. The fraction of sp³-hybridized carbons (Fsp3) is 0. The molecule has 0 amide bonds. The van der Waals surface area contributed by atoms with Crippen molar-refractivity contribution < 1.29 is 0 Å². The Morgan fingerprint density at radius 3 is 1.31 bits per heavy atom. The van der Waals surface area contributed by atoms with E-state index in [4.69, 9.17) is 0 Å². The maximum atomic E-state index is 4.64. The van der Waals surface area contributed by atoms with Crippen LogP contribution in [0, 0.1) is 0 Å². The molecule has 0 N–H and O–H groups in total. The summed E-state index contributed by atoms with van der Waals surface area (Å²) in [5, 5.41) is 5.04. The van der Waals surface area contributed by atoms with Gasteiger partial charge in [0.15, 0.2) is 0 Å². The molecule has 0 atom stereocenters. The molecule has 8 aromatic rings. The molecule has 0 bridgehead atoms. The van der Waals surface area contributed by atoms with Gasteiger partial charge in [-0.1, -0.05) is 91.0 Å². The van der Waals surface area contributed by atoms with Crippen molar-refractivity contribution in [3.8, 4) is 27.9 Å². The molecule has 0 aliphatic carbocycles. The van der Waals surface area contributed by atoms with Crippen molar-refractivity contribution in [2.45, 2.75) is 0 Å². The Morgan fingerprint density at radius 1 is 0.385 bits per heavy atom. The molecule has 0 saturated heterocycles. The van der Waals surface area contributed by atoms with Gasteiger partial charge in [-0.3, -0.25) is 9.97 Å². The van der Waals surface area contributed by atoms with E-state index in [9.17, 15) is 0 Å². The third-order valence-electron chi connectivity index (χ3n) is 7.69. The van der Waals surface area contributed by atoms with Crippen LogP contribution in [0.4, 0.5) is 0 Å². The average molecular weight is 498 g/mol. The summed E-state index contributed by atoms with van der Waals surface area (Å²) in [6.45, 7) is 0. The van der Waals surface area contributed by atoms with E-state index in [1.807, 2.05) is 24.5 Å². The standard InChI is InChI=1S/C36H23N3/c1-2-10-24(11-3-1)33-27-12-4-6-14-29(27)34(30-15-7-5-13-28(30)33)25-18-20-26(21-19-25)39-31-16-8-22-37-35(31)36-32(39)17-9-23-38-36/h1-23H. The number of hydrogen-bond acceptors (Lipinski definition) is 2. The molecule has 3 heterocycles. The second kappa shape index (κ2) is 8.64. The number of aromatic nitrogens is 3. The Hall–Kier alpha value is -5.28. The number of hydrogen-bond donors (Lipinski definition) is 0. The van der Waals surface area contributed by atoms with Gasteiger partial charge in [0, 0.05) is 18.1 Å². The fourth-order valence-corrected chi connectivity index (χ4v) is 6.06. The lowest BCUT2D eigenvalue weighted by molar-refractivity contribution is 1.17. The third-order valence-corrected chi connectivity index (χ3v) is 7.69. The molecular formula is C36H23N3. The van der Waals surface area contributed by atoms with Gasteiger partial charge in [-0.25, -0.2) is 0 Å². The predicted molar refractivity (Wildman–Crippen MR) is 162 cm³/mol. The maximum absolute atomic E-state index is 4.64. The minimum Gasteiger partial charge on any atom is -0.306 e. The molecule has 0 saturated carbocycles. The Bertz CT molecular complexity index is 2050. The molecule has 39 heavy (non-hydrogen) atoms. The van der Waals surface area contributed by atoms with Gasteiger partial charge in [-0.15, -0.1) is 0 Å². The minimum absolute atomic E-state index is 0.922. The summed E-state index contributed by atoms with van der Waals surface area (Å²) >= 11 is 0. The van der Waals surface area contributed by atoms with Crippen LogP contribution in [-0.4, -0.2) is 14.5 Å². The van der Waals surface area contributed by atoms with Crippen LogP contribution in [0.2, 0.25) is 0 Å². The lowest BCUT2D eigenvalue weighted by Crippen LogP contribution is -1.95. The quantitative estimate of drug-likeness (QED) is 0.228. The highest BCUT2D eigenvalue weighted by atomic mass is 15.0. The Labute approximate surface area is 225 Å². The predicted octanol–water partition coefficient (Wildman–Crippen LogP) is 9.21. The van der Waals surface area contributed by atoms with Crippen LogP contribution in [0.25, 0.3) is 71.6 Å². The first kappa shape index (κ1) is 21.8. The molecule has 0 unspecified atom stereocenters. The molecule has 0 fully saturated rings. The van der Waals surface area contributed by atoms with Gasteiger partial charge in [0.25, 0.3) is 0 Å². The van der Waals surface area contributed by atoms with Gasteiger partial charge in [-0.05, 0) is 80.2 Å². The van der Waals surface area contributed by atoms with Gasteiger partial charge < -0.3 is 4.57 Å². The third kappa shape index (κ3) is 3.30. The van der Waals surface area contributed by atoms with E-state index >= 15 is 0 Å². The van der Waals surface area contributed by atoms with Crippen molar-refractivity contribution in [2.24, 2.45) is 0 Å². The highest BCUT2D eigenvalue weighted by molar-refractivity contribution is 6.21. The number of nitrogens with zero attached hydrogens (tertiary/aromatic N) is 3. The largest absolute Gasteiger partial charge is 0.306 e. The topological polar surface area (TPSA) is 30.7 Å². The van der Waals surface area contributed by atoms with Crippen LogP contribution in [0.15, 0.2) is 140 Å². The summed E-state index contributed by atoms with van der Waals surface area (Å²) in [4.78, 5) is 9.28. The number of rotatable bonds is 3. The molecule has 3 heteroatoms. The van der Waals surface area contributed by atoms with Gasteiger partial charge in [0.05, 0.1) is 11.0 Å². The van der Waals surface area contributed by atoms with Gasteiger partial charge in [0.1, 0.15) is 11.0 Å². The first-order valence-electron chi connectivity index (χ1n) is 13.2. The Balaban J connectivity index is 1.38. The van der Waals surface area contributed by atoms with Crippen molar-refractivity contribution >= 4 is 43.6 Å². The zero-order valence-corrected chi connectivity index (χ0v) is 21.1. The van der Waals surface area contributed by atoms with Gasteiger partial charge in [0.2, 0.25) is 0 Å². The van der Waals surface area contributed by atoms with Crippen LogP contribution >= 0.6 is 0 Å². The fourth-order valence-electron chi connectivity index (χ4n) is 6.06. The molecule has 0 aliphatic rings. The van der Waals surface area contributed by atoms with Gasteiger partial charge in [-0.2, -0.15) is 0 Å². The van der Waals surface area contributed by atoms with Crippen molar-refractivity contribution in [1.29, 1.82) is 0 Å². The van der Waals surface area contributed by atoms with E-state index in [0.717, 1.165) is 27.8 Å². The average Bonchev–Trinajstić information content (AvgIpc) is 3.35. The van der Waals surface area contributed by atoms with E-state index < -0.39 is 0 Å². The van der Waals surface area contributed by atoms with E-state index in [0.29, 0.717) is 0 Å². The van der Waals surface area contributed by atoms with E-state index in [1.54, 1.807) is 0 Å². The van der Waals surface area contributed by atoms with Crippen LogP contribution in [-0.2, 0) is 0 Å². The molecule has 3 nitrogen and oxygen atoms in total. The first-order chi connectivity index (χ1) is 19.4. The van der Waals surface area contributed by atoms with E-state index in [2.05, 4.69) is 130 Å². The second-order valence-electron chi connectivity index (χ2n) is 9.83. The van der Waals surface area contributed by atoms with Crippen LogP contribution in [0.1, 0.15) is 0 Å². The first-order valence-corrected chi connectivity index (χ1v) is 13.2. The van der Waals surface area contributed by atoms with Crippen molar-refractivity contribution in [3.63, 3.8) is 0 Å².